The van der Waals surface area contributed by atoms with Gasteiger partial charge in [-0.25, -0.2) is 13.2 Å². The van der Waals surface area contributed by atoms with Crippen molar-refractivity contribution < 1.29 is 17.9 Å². The summed E-state index contributed by atoms with van der Waals surface area (Å²) < 4.78 is 30.2. The Balaban J connectivity index is 1.85. The second-order valence-electron chi connectivity index (χ2n) is 6.90. The molecular weight excluding hydrogens is 442 g/mol. The zero-order valence-corrected chi connectivity index (χ0v) is 19.6. The zero-order valence-electron chi connectivity index (χ0n) is 17.2. The lowest BCUT2D eigenvalue weighted by Gasteiger charge is -2.34. The molecule has 1 aromatic carbocycles. The fourth-order valence-electron chi connectivity index (χ4n) is 3.38. The first-order chi connectivity index (χ1) is 14.2. The summed E-state index contributed by atoms with van der Waals surface area (Å²) in [4.78, 5) is 15.7. The Hall–Kier alpha value is -2.01. The van der Waals surface area contributed by atoms with Crippen LogP contribution in [0.25, 0.3) is 11.1 Å². The van der Waals surface area contributed by atoms with Gasteiger partial charge in [0.25, 0.3) is 0 Å². The summed E-state index contributed by atoms with van der Waals surface area (Å²) >= 11 is 7.02. The molecular formula is C20H25N3O4S3. The molecule has 2 heterocycles. The Labute approximate surface area is 186 Å². The predicted octanol–water partition coefficient (Wildman–Crippen LogP) is 3.17. The summed E-state index contributed by atoms with van der Waals surface area (Å²) in [6.45, 7) is 5.76. The third-order valence-electron chi connectivity index (χ3n) is 4.84. The summed E-state index contributed by atoms with van der Waals surface area (Å²) in [5.74, 6) is -0.395. The number of piperazine rings is 1. The second-order valence-corrected chi connectivity index (χ2v) is 10.5. The van der Waals surface area contributed by atoms with Crippen LogP contribution >= 0.6 is 23.6 Å². The molecule has 1 aromatic heterocycles. The van der Waals surface area contributed by atoms with E-state index in [2.05, 4.69) is 5.32 Å². The first-order valence-corrected chi connectivity index (χ1v) is 12.7. The number of nitrogens with zero attached hydrogens (tertiary/aromatic N) is 2. The van der Waals surface area contributed by atoms with Gasteiger partial charge in [0.15, 0.2) is 5.11 Å². The average molecular weight is 468 g/mol. The molecule has 0 aliphatic carbocycles. The number of ether oxygens (including phenoxy) is 1. The summed E-state index contributed by atoms with van der Waals surface area (Å²) in [6.07, 6.45) is 1.21. The highest BCUT2D eigenvalue weighted by molar-refractivity contribution is 7.88. The molecule has 162 valence electrons. The van der Waals surface area contributed by atoms with E-state index in [-0.39, 0.29) is 6.61 Å². The van der Waals surface area contributed by atoms with E-state index in [1.165, 1.54) is 21.9 Å². The Kier molecular flexibility index (Phi) is 7.12. The van der Waals surface area contributed by atoms with Gasteiger partial charge in [0.1, 0.15) is 10.6 Å². The van der Waals surface area contributed by atoms with Crippen molar-refractivity contribution in [2.24, 2.45) is 0 Å². The van der Waals surface area contributed by atoms with Crippen LogP contribution in [-0.4, -0.2) is 67.7 Å². The number of carbonyl (C=O) groups excluding carboxylic acids is 1. The third-order valence-corrected chi connectivity index (χ3v) is 7.53. The van der Waals surface area contributed by atoms with E-state index in [1.807, 2.05) is 42.2 Å². The molecule has 30 heavy (non-hydrogen) atoms. The van der Waals surface area contributed by atoms with Crippen molar-refractivity contribution in [1.82, 2.24) is 9.21 Å². The van der Waals surface area contributed by atoms with Gasteiger partial charge in [-0.1, -0.05) is 30.3 Å². The predicted molar refractivity (Wildman–Crippen MR) is 125 cm³/mol. The number of sulfonamides is 1. The van der Waals surface area contributed by atoms with Crippen LogP contribution < -0.4 is 5.32 Å². The largest absolute Gasteiger partial charge is 0.462 e. The summed E-state index contributed by atoms with van der Waals surface area (Å²) in [5, 5.41) is 4.32. The lowest BCUT2D eigenvalue weighted by atomic mass is 10.0. The van der Waals surface area contributed by atoms with Gasteiger partial charge < -0.3 is 15.0 Å². The summed E-state index contributed by atoms with van der Waals surface area (Å²) in [6, 6.07) is 9.72. The van der Waals surface area contributed by atoms with E-state index in [9.17, 15) is 13.2 Å². The fourth-order valence-corrected chi connectivity index (χ4v) is 5.62. The van der Waals surface area contributed by atoms with E-state index < -0.39 is 16.0 Å². The molecule has 0 bridgehead atoms. The van der Waals surface area contributed by atoms with Crippen molar-refractivity contribution in [2.45, 2.75) is 13.8 Å². The first-order valence-electron chi connectivity index (χ1n) is 9.59. The van der Waals surface area contributed by atoms with Gasteiger partial charge in [0.05, 0.1) is 12.9 Å². The molecule has 0 atom stereocenters. The lowest BCUT2D eigenvalue weighted by Crippen LogP contribution is -2.51. The number of hydrogen-bond acceptors (Lipinski definition) is 6. The van der Waals surface area contributed by atoms with Crippen molar-refractivity contribution in [2.75, 3.05) is 44.4 Å². The van der Waals surface area contributed by atoms with Crippen LogP contribution in [0.1, 0.15) is 22.2 Å². The number of esters is 1. The molecule has 10 heteroatoms. The topological polar surface area (TPSA) is 79.0 Å². The van der Waals surface area contributed by atoms with E-state index in [0.717, 1.165) is 16.0 Å². The molecule has 1 N–H and O–H groups in total. The van der Waals surface area contributed by atoms with Gasteiger partial charge in [-0.2, -0.15) is 4.31 Å². The number of thiophene rings is 1. The maximum Gasteiger partial charge on any atom is 0.341 e. The van der Waals surface area contributed by atoms with Crippen LogP contribution in [0.15, 0.2) is 30.3 Å². The first kappa shape index (κ1) is 22.7. The molecule has 0 radical (unpaired) electrons. The van der Waals surface area contributed by atoms with Gasteiger partial charge in [0, 0.05) is 36.6 Å². The van der Waals surface area contributed by atoms with Crippen LogP contribution in [0.4, 0.5) is 5.00 Å². The fraction of sp³-hybridized carbons (Fsp3) is 0.400. The van der Waals surface area contributed by atoms with Gasteiger partial charge in [0.2, 0.25) is 10.0 Å². The van der Waals surface area contributed by atoms with Gasteiger partial charge in [-0.05, 0) is 31.6 Å². The third kappa shape index (κ3) is 5.00. The van der Waals surface area contributed by atoms with E-state index in [4.69, 9.17) is 17.0 Å². The number of nitrogens with one attached hydrogen (secondary N) is 1. The highest BCUT2D eigenvalue weighted by atomic mass is 32.2. The maximum atomic E-state index is 12.8. The molecule has 0 saturated carbocycles. The monoisotopic (exact) mass is 467 g/mol. The minimum absolute atomic E-state index is 0.277. The number of anilines is 1. The van der Waals surface area contributed by atoms with Crippen molar-refractivity contribution in [3.8, 4) is 11.1 Å². The van der Waals surface area contributed by atoms with E-state index in [1.54, 1.807) is 6.92 Å². The Morgan fingerprint density at radius 2 is 1.83 bits per heavy atom. The van der Waals surface area contributed by atoms with Gasteiger partial charge >= 0.3 is 5.97 Å². The number of benzene rings is 1. The number of rotatable bonds is 5. The molecule has 1 fully saturated rings. The van der Waals surface area contributed by atoms with Crippen LogP contribution in [0.3, 0.4) is 0 Å². The molecule has 1 saturated heterocycles. The van der Waals surface area contributed by atoms with Gasteiger partial charge in [-0.15, -0.1) is 11.3 Å². The van der Waals surface area contributed by atoms with E-state index >= 15 is 0 Å². The standard InChI is InChI=1S/C20H25N3O4S3/c1-4-27-19(24)17-16(15-8-6-5-7-9-15)14(2)29-18(17)21-20(28)22-10-12-23(13-11-22)30(3,25)26/h5-9H,4,10-13H2,1-3H3,(H,21,28). The molecule has 0 amide bonds. The van der Waals surface area contributed by atoms with Crippen LogP contribution in [0.2, 0.25) is 0 Å². The molecule has 1 aliphatic rings. The molecule has 3 rings (SSSR count). The van der Waals surface area contributed by atoms with E-state index in [0.29, 0.717) is 41.9 Å². The van der Waals surface area contributed by atoms with Crippen LogP contribution in [-0.2, 0) is 14.8 Å². The van der Waals surface area contributed by atoms with Crippen molar-refractivity contribution in [3.05, 3.63) is 40.8 Å². The smallest absolute Gasteiger partial charge is 0.341 e. The SMILES string of the molecule is CCOC(=O)c1c(NC(=S)N2CCN(S(C)(=O)=O)CC2)sc(C)c1-c1ccccc1. The number of carbonyl (C=O) groups is 1. The van der Waals surface area contributed by atoms with Gasteiger partial charge in [-0.3, -0.25) is 0 Å². The Morgan fingerprint density at radius 3 is 2.40 bits per heavy atom. The molecule has 0 unspecified atom stereocenters. The average Bonchev–Trinajstić information content (AvgIpc) is 3.04. The summed E-state index contributed by atoms with van der Waals surface area (Å²) in [5.41, 5.74) is 2.25. The lowest BCUT2D eigenvalue weighted by molar-refractivity contribution is 0.0529. The number of hydrogen-bond donors (Lipinski definition) is 1. The van der Waals surface area contributed by atoms with Crippen molar-refractivity contribution in [1.29, 1.82) is 0 Å². The number of thiocarbonyl (C=S) groups is 1. The molecule has 2 aromatic rings. The molecule has 1 aliphatic heterocycles. The highest BCUT2D eigenvalue weighted by Gasteiger charge is 2.28. The van der Waals surface area contributed by atoms with Crippen LogP contribution in [0, 0.1) is 6.92 Å². The van der Waals surface area contributed by atoms with Crippen molar-refractivity contribution >= 4 is 49.7 Å². The second kappa shape index (κ2) is 9.42. The molecule has 7 nitrogen and oxygen atoms in total. The quantitative estimate of drug-likeness (QED) is 0.534. The van der Waals surface area contributed by atoms with Crippen molar-refractivity contribution in [3.63, 3.8) is 0 Å². The number of aryl methyl sites for hydroxylation is 1. The minimum atomic E-state index is -3.21. The highest BCUT2D eigenvalue weighted by Crippen LogP contribution is 2.40. The minimum Gasteiger partial charge on any atom is -0.462 e. The summed E-state index contributed by atoms with van der Waals surface area (Å²) in [7, 11) is -3.21. The Bertz CT molecular complexity index is 1030. The normalized spacial score (nSPS) is 15.1. The zero-order chi connectivity index (χ0) is 21.9. The van der Waals surface area contributed by atoms with Crippen LogP contribution in [0.5, 0.6) is 0 Å². The molecule has 0 spiro atoms. The maximum absolute atomic E-state index is 12.8. The Morgan fingerprint density at radius 1 is 1.20 bits per heavy atom.